The van der Waals surface area contributed by atoms with Crippen molar-refractivity contribution in [2.75, 3.05) is 0 Å². The minimum Gasteiger partial charge on any atom is -0.377 e. The van der Waals surface area contributed by atoms with Crippen molar-refractivity contribution in [3.8, 4) is 12.3 Å². The second-order valence-electron chi connectivity index (χ2n) is 7.51. The third-order valence-electron chi connectivity index (χ3n) is 6.96. The van der Waals surface area contributed by atoms with Gasteiger partial charge >= 0.3 is 0 Å². The Labute approximate surface area is 152 Å². The Hall–Kier alpha value is -1.40. The molecule has 0 heterocycles. The number of allylic oxidation sites excluding steroid dienone is 1. The monoisotopic (exact) mass is 332 g/mol. The van der Waals surface area contributed by atoms with Gasteiger partial charge in [0.1, 0.15) is 5.60 Å². The van der Waals surface area contributed by atoms with Crippen LogP contribution < -0.4 is 0 Å². The topological polar surface area (TPSA) is 54.4 Å². The molecule has 3 nitrogen and oxygen atoms in total. The smallest absolute Gasteiger partial charge is 0.159 e. The predicted octanol–water partition coefficient (Wildman–Crippen LogP) is 3.06. The van der Waals surface area contributed by atoms with E-state index in [9.17, 15) is 14.7 Å². The van der Waals surface area contributed by atoms with E-state index in [-0.39, 0.29) is 12.8 Å². The van der Waals surface area contributed by atoms with Gasteiger partial charge in [-0.3, -0.25) is 9.59 Å². The van der Waals surface area contributed by atoms with Crippen LogP contribution in [0.4, 0.5) is 0 Å². The van der Waals surface area contributed by atoms with Gasteiger partial charge in [-0.2, -0.15) is 0 Å². The maximum Gasteiger partial charge on any atom is 0.159 e. The van der Waals surface area contributed by atoms with Crippen molar-refractivity contribution in [1.82, 2.24) is 0 Å². The highest BCUT2D eigenvalue weighted by Gasteiger charge is 2.64. The van der Waals surface area contributed by atoms with E-state index >= 15 is 0 Å². The van der Waals surface area contributed by atoms with Crippen LogP contribution >= 0.6 is 0 Å². The molecule has 0 aromatic heterocycles. The molecular formula is C21H26O3. The first-order chi connectivity index (χ1) is 13.7. The van der Waals surface area contributed by atoms with Gasteiger partial charge in [-0.25, -0.2) is 0 Å². The zero-order valence-electron chi connectivity index (χ0n) is 19.8. The van der Waals surface area contributed by atoms with Crippen molar-refractivity contribution in [1.29, 1.82) is 0 Å². The normalized spacial score (nSPS) is 58.6. The zero-order chi connectivity index (χ0) is 22.5. The van der Waals surface area contributed by atoms with E-state index in [1.165, 1.54) is 0 Å². The first-order valence-corrected chi connectivity index (χ1v) is 8.74. The van der Waals surface area contributed by atoms with Crippen molar-refractivity contribution in [3.63, 3.8) is 0 Å². The number of ketones is 2. The highest BCUT2D eigenvalue weighted by molar-refractivity contribution is 6.05. The molecule has 3 heteroatoms. The fourth-order valence-electron chi connectivity index (χ4n) is 5.77. The fraction of sp³-hybridized carbons (Fsp3) is 0.714. The van der Waals surface area contributed by atoms with Crippen molar-refractivity contribution in [2.24, 2.45) is 29.1 Å². The molecule has 0 aliphatic heterocycles. The van der Waals surface area contributed by atoms with Crippen LogP contribution in [-0.2, 0) is 9.59 Å². The van der Waals surface area contributed by atoms with Crippen LogP contribution in [0.25, 0.3) is 0 Å². The van der Waals surface area contributed by atoms with E-state index in [0.29, 0.717) is 19.3 Å². The molecule has 0 spiro atoms. The molecule has 0 unspecified atom stereocenters. The Morgan fingerprint density at radius 3 is 2.92 bits per heavy atom. The van der Waals surface area contributed by atoms with Gasteiger partial charge in [0.15, 0.2) is 11.6 Å². The van der Waals surface area contributed by atoms with Gasteiger partial charge in [-0.05, 0) is 68.2 Å². The summed E-state index contributed by atoms with van der Waals surface area (Å²) < 4.78 is 50.8. The number of carbonyl (C=O) groups excluding carboxylic acids is 2. The quantitative estimate of drug-likeness (QED) is 0.751. The molecule has 0 radical (unpaired) electrons. The molecule has 1 N–H and O–H groups in total. The number of hydrogen-bond acceptors (Lipinski definition) is 3. The largest absolute Gasteiger partial charge is 0.377 e. The summed E-state index contributed by atoms with van der Waals surface area (Å²) in [5.41, 5.74) is -2.68. The minimum absolute atomic E-state index is 0.274. The molecule has 4 aliphatic rings. The number of carbonyl (C=O) groups is 2. The summed E-state index contributed by atoms with van der Waals surface area (Å²) in [6, 6.07) is -0.868. The zero-order valence-corrected chi connectivity index (χ0v) is 13.8. The van der Waals surface area contributed by atoms with Crippen LogP contribution in [0, 0.1) is 41.4 Å². The number of hydrogen-bond donors (Lipinski definition) is 1. The molecule has 24 heavy (non-hydrogen) atoms. The second-order valence-corrected chi connectivity index (χ2v) is 7.51. The Balaban J connectivity index is 1.93. The van der Waals surface area contributed by atoms with E-state index in [1.807, 2.05) is 6.92 Å². The minimum atomic E-state index is -2.45. The highest BCUT2D eigenvalue weighted by atomic mass is 16.3. The summed E-state index contributed by atoms with van der Waals surface area (Å²) in [5.74, 6) is -3.67. The van der Waals surface area contributed by atoms with Crippen molar-refractivity contribution in [2.45, 2.75) is 63.8 Å². The standard InChI is InChI=1S/C21H26O3/c1-3-20-9-7-15-14-6-5-13(22)11-17(14)19(23)12-16(15)18(20)8-10-21(20,24)4-2/h2,11,14-16,18,24H,3,5-10,12H2,1H3/t14-,15-,16-,18+,20+,21+/m1/s1/i5D2,11D,12D2,14D. The SMILES string of the molecule is [2H]C1=C2C(=O)C([2H])([2H])[C@H]3[C@@H]4CC[C@@](O)(C#C)[C@@]4(CC)CC[C@@H]3[C@@]2([2H])CC([2H])([2H])C1=O. The van der Waals surface area contributed by atoms with Gasteiger partial charge in [0.25, 0.3) is 0 Å². The Morgan fingerprint density at radius 1 is 1.42 bits per heavy atom. The maximum atomic E-state index is 13.3. The molecule has 4 rings (SSSR count). The molecule has 6 atom stereocenters. The third kappa shape index (κ3) is 1.90. The molecule has 0 saturated heterocycles. The van der Waals surface area contributed by atoms with E-state index in [2.05, 4.69) is 5.92 Å². The summed E-state index contributed by atoms with van der Waals surface area (Å²) in [7, 11) is 0. The first kappa shape index (κ1) is 10.6. The Kier molecular flexibility index (Phi) is 2.33. The summed E-state index contributed by atoms with van der Waals surface area (Å²) in [6.45, 7) is 1.89. The molecule has 3 saturated carbocycles. The number of terminal acetylenes is 1. The number of fused-ring (bicyclic) bond motifs is 5. The highest BCUT2D eigenvalue weighted by Crippen LogP contribution is 2.65. The molecule has 0 aromatic rings. The average Bonchev–Trinajstić information content (AvgIpc) is 2.98. The molecule has 0 bridgehead atoms. The lowest BCUT2D eigenvalue weighted by atomic mass is 9.49. The molecule has 4 aliphatic carbocycles. The van der Waals surface area contributed by atoms with Crippen LogP contribution in [0.5, 0.6) is 0 Å². The lowest BCUT2D eigenvalue weighted by molar-refractivity contribution is -0.132. The summed E-state index contributed by atoms with van der Waals surface area (Å²) >= 11 is 0. The summed E-state index contributed by atoms with van der Waals surface area (Å²) in [6.07, 6.45) is 2.15. The van der Waals surface area contributed by atoms with E-state index in [1.54, 1.807) is 0 Å². The summed E-state index contributed by atoms with van der Waals surface area (Å²) in [4.78, 5) is 25.6. The van der Waals surface area contributed by atoms with Gasteiger partial charge in [0, 0.05) is 30.6 Å². The number of Topliss-reactive ketones (excluding diaryl/α,β-unsaturated/α-hetero) is 1. The lowest BCUT2D eigenvalue weighted by Gasteiger charge is -2.55. The van der Waals surface area contributed by atoms with Crippen LogP contribution in [0.1, 0.15) is 66.4 Å². The van der Waals surface area contributed by atoms with Gasteiger partial charge in [0.05, 0.1) is 1.37 Å². The summed E-state index contributed by atoms with van der Waals surface area (Å²) in [5, 5.41) is 11.2. The van der Waals surface area contributed by atoms with E-state index < -0.39 is 77.0 Å². The molecular weight excluding hydrogens is 300 g/mol. The van der Waals surface area contributed by atoms with Gasteiger partial charge in [0.2, 0.25) is 0 Å². The maximum absolute atomic E-state index is 13.3. The van der Waals surface area contributed by atoms with Crippen LogP contribution in [0.3, 0.4) is 0 Å². The van der Waals surface area contributed by atoms with E-state index in [0.717, 1.165) is 0 Å². The lowest BCUT2D eigenvalue weighted by Crippen LogP contribution is -2.54. The second kappa shape index (κ2) is 5.30. The average molecular weight is 332 g/mol. The Morgan fingerprint density at radius 2 is 2.21 bits per heavy atom. The molecule has 0 aromatic carbocycles. The third-order valence-corrected chi connectivity index (χ3v) is 6.96. The number of aliphatic hydroxyl groups is 1. The van der Waals surface area contributed by atoms with Crippen LogP contribution in [0.2, 0.25) is 0 Å². The van der Waals surface area contributed by atoms with Crippen molar-refractivity contribution in [3.05, 3.63) is 11.6 Å². The van der Waals surface area contributed by atoms with Crippen LogP contribution in [-0.4, -0.2) is 22.3 Å². The van der Waals surface area contributed by atoms with Crippen LogP contribution in [0.15, 0.2) is 11.6 Å². The van der Waals surface area contributed by atoms with Crippen molar-refractivity contribution < 1.29 is 22.9 Å². The van der Waals surface area contributed by atoms with Gasteiger partial charge < -0.3 is 5.11 Å². The van der Waals surface area contributed by atoms with E-state index in [4.69, 9.17) is 14.6 Å². The van der Waals surface area contributed by atoms with Gasteiger partial charge in [-0.15, -0.1) is 6.42 Å². The molecule has 0 amide bonds. The fourth-order valence-corrected chi connectivity index (χ4v) is 5.77. The molecule has 128 valence electrons. The first-order valence-electron chi connectivity index (χ1n) is 11.7. The van der Waals surface area contributed by atoms with Crippen molar-refractivity contribution >= 4 is 11.6 Å². The number of rotatable bonds is 1. The Bertz CT molecular complexity index is 920. The molecule has 3 fully saturated rings. The van der Waals surface area contributed by atoms with Gasteiger partial charge in [-0.1, -0.05) is 12.8 Å². The predicted molar refractivity (Wildman–Crippen MR) is 90.9 cm³/mol.